The maximum atomic E-state index is 12.5. The molecule has 2 aromatic carbocycles. The molecule has 1 N–H and O–H groups in total. The average molecular weight is 364 g/mol. The van der Waals surface area contributed by atoms with Crippen LogP contribution < -0.4 is 5.32 Å². The molecule has 0 bridgehead atoms. The number of likely N-dealkylation sites (N-methyl/N-ethyl adjacent to an activating group) is 1. The van der Waals surface area contributed by atoms with E-state index < -0.39 is 0 Å². The molecule has 1 aliphatic carbocycles. The fourth-order valence-electron chi connectivity index (χ4n) is 3.59. The first-order valence-corrected chi connectivity index (χ1v) is 9.65. The van der Waals surface area contributed by atoms with E-state index in [9.17, 15) is 9.59 Å². The van der Waals surface area contributed by atoms with Gasteiger partial charge in [-0.05, 0) is 73.4 Å². The fraction of sp³-hybridized carbons (Fsp3) is 0.391. The zero-order chi connectivity index (χ0) is 19.4. The second kappa shape index (κ2) is 8.38. The van der Waals surface area contributed by atoms with Gasteiger partial charge in [-0.1, -0.05) is 30.3 Å². The number of nitrogens with zero attached hydrogens (tertiary/aromatic N) is 1. The van der Waals surface area contributed by atoms with Crippen molar-refractivity contribution < 1.29 is 9.59 Å². The van der Waals surface area contributed by atoms with Crippen LogP contribution in [-0.2, 0) is 28.9 Å². The maximum absolute atomic E-state index is 12.5. The number of carbonyl (C=O) groups is 2. The van der Waals surface area contributed by atoms with Crippen molar-refractivity contribution in [1.82, 2.24) is 4.90 Å². The first-order chi connectivity index (χ1) is 12.9. The van der Waals surface area contributed by atoms with Crippen LogP contribution in [0.5, 0.6) is 0 Å². The lowest BCUT2D eigenvalue weighted by Gasteiger charge is -2.19. The van der Waals surface area contributed by atoms with E-state index in [1.807, 2.05) is 38.1 Å². The third-order valence-corrected chi connectivity index (χ3v) is 5.45. The normalized spacial score (nSPS) is 13.0. The van der Waals surface area contributed by atoms with Gasteiger partial charge in [0.2, 0.25) is 11.8 Å². The minimum atomic E-state index is -0.176. The summed E-state index contributed by atoms with van der Waals surface area (Å²) in [5.41, 5.74) is 6.80. The van der Waals surface area contributed by atoms with E-state index in [0.29, 0.717) is 6.42 Å². The maximum Gasteiger partial charge on any atom is 0.243 e. The molecule has 0 aromatic heterocycles. The van der Waals surface area contributed by atoms with Crippen molar-refractivity contribution in [1.29, 1.82) is 0 Å². The summed E-state index contributed by atoms with van der Waals surface area (Å²) < 4.78 is 0. The Hall–Kier alpha value is -2.62. The summed E-state index contributed by atoms with van der Waals surface area (Å²) in [6, 6.07) is 12.2. The Kier molecular flexibility index (Phi) is 5.94. The fourth-order valence-corrected chi connectivity index (χ4v) is 3.59. The van der Waals surface area contributed by atoms with E-state index in [-0.39, 0.29) is 18.4 Å². The van der Waals surface area contributed by atoms with Crippen LogP contribution in [0.2, 0.25) is 0 Å². The number of hydrogen-bond donors (Lipinski definition) is 1. The highest BCUT2D eigenvalue weighted by molar-refractivity contribution is 5.95. The van der Waals surface area contributed by atoms with Crippen LogP contribution in [0.25, 0.3) is 0 Å². The molecule has 4 nitrogen and oxygen atoms in total. The molecule has 0 heterocycles. The van der Waals surface area contributed by atoms with E-state index in [1.165, 1.54) is 28.9 Å². The van der Waals surface area contributed by atoms with Gasteiger partial charge in [-0.3, -0.25) is 9.59 Å². The summed E-state index contributed by atoms with van der Waals surface area (Å²) in [4.78, 5) is 26.4. The van der Waals surface area contributed by atoms with Crippen molar-refractivity contribution in [3.63, 3.8) is 0 Å². The average Bonchev–Trinajstić information content (AvgIpc) is 2.65. The zero-order valence-electron chi connectivity index (χ0n) is 16.5. The lowest BCUT2D eigenvalue weighted by Crippen LogP contribution is -2.36. The molecule has 3 rings (SSSR count). The Labute approximate surface area is 161 Å². The molecule has 142 valence electrons. The minimum absolute atomic E-state index is 0.0399. The number of aryl methyl sites for hydroxylation is 3. The third kappa shape index (κ3) is 4.76. The Morgan fingerprint density at radius 3 is 2.56 bits per heavy atom. The van der Waals surface area contributed by atoms with Crippen LogP contribution in [0.1, 0.15) is 40.7 Å². The topological polar surface area (TPSA) is 49.4 Å². The largest absolute Gasteiger partial charge is 0.336 e. The molecule has 0 atom stereocenters. The van der Waals surface area contributed by atoms with Crippen LogP contribution >= 0.6 is 0 Å². The van der Waals surface area contributed by atoms with Crippen LogP contribution in [-0.4, -0.2) is 30.3 Å². The van der Waals surface area contributed by atoms with Crippen molar-refractivity contribution in [3.05, 3.63) is 64.2 Å². The summed E-state index contributed by atoms with van der Waals surface area (Å²) in [6.07, 6.45) is 5.06. The van der Waals surface area contributed by atoms with Crippen molar-refractivity contribution in [3.8, 4) is 0 Å². The lowest BCUT2D eigenvalue weighted by atomic mass is 9.90. The highest BCUT2D eigenvalue weighted by Crippen LogP contribution is 2.22. The van der Waals surface area contributed by atoms with Gasteiger partial charge in [0.1, 0.15) is 0 Å². The summed E-state index contributed by atoms with van der Waals surface area (Å²) in [5.74, 6) is -0.216. The molecule has 0 radical (unpaired) electrons. The van der Waals surface area contributed by atoms with Crippen molar-refractivity contribution >= 4 is 17.5 Å². The van der Waals surface area contributed by atoms with Crippen LogP contribution in [0, 0.1) is 13.8 Å². The van der Waals surface area contributed by atoms with Crippen LogP contribution in [0.15, 0.2) is 36.4 Å². The first kappa shape index (κ1) is 19.2. The van der Waals surface area contributed by atoms with E-state index in [1.54, 1.807) is 7.05 Å². The lowest BCUT2D eigenvalue weighted by molar-refractivity contribution is -0.132. The SMILES string of the molecule is Cc1cccc(NC(=O)CN(C)C(=O)Cc2ccc3c(c2)CCCC3)c1C. The van der Waals surface area contributed by atoms with Crippen LogP contribution in [0.3, 0.4) is 0 Å². The second-order valence-corrected chi connectivity index (χ2v) is 7.53. The number of hydrogen-bond acceptors (Lipinski definition) is 2. The van der Waals surface area contributed by atoms with Crippen LogP contribution in [0.4, 0.5) is 5.69 Å². The molecular weight excluding hydrogens is 336 g/mol. The number of rotatable bonds is 5. The van der Waals surface area contributed by atoms with E-state index in [0.717, 1.165) is 35.2 Å². The molecule has 2 amide bonds. The standard InChI is InChI=1S/C23H28N2O2/c1-16-7-6-10-21(17(16)2)24-22(26)15-25(3)23(27)14-18-11-12-19-8-4-5-9-20(19)13-18/h6-7,10-13H,4-5,8-9,14-15H2,1-3H3,(H,24,26). The predicted molar refractivity (Wildman–Crippen MR) is 109 cm³/mol. The summed E-state index contributed by atoms with van der Waals surface area (Å²) in [5, 5.41) is 2.91. The smallest absolute Gasteiger partial charge is 0.243 e. The number of nitrogens with one attached hydrogen (secondary N) is 1. The van der Waals surface area contributed by atoms with Crippen molar-refractivity contribution in [2.24, 2.45) is 0 Å². The molecule has 0 unspecified atom stereocenters. The van der Waals surface area contributed by atoms with E-state index >= 15 is 0 Å². The van der Waals surface area contributed by atoms with Crippen molar-refractivity contribution in [2.45, 2.75) is 46.0 Å². The zero-order valence-corrected chi connectivity index (χ0v) is 16.5. The van der Waals surface area contributed by atoms with Gasteiger partial charge in [-0.25, -0.2) is 0 Å². The van der Waals surface area contributed by atoms with Gasteiger partial charge >= 0.3 is 0 Å². The number of anilines is 1. The highest BCUT2D eigenvalue weighted by atomic mass is 16.2. The second-order valence-electron chi connectivity index (χ2n) is 7.53. The molecule has 2 aromatic rings. The van der Waals surface area contributed by atoms with Crippen molar-refractivity contribution in [2.75, 3.05) is 18.9 Å². The summed E-state index contributed by atoms with van der Waals surface area (Å²) in [7, 11) is 1.68. The molecule has 0 saturated heterocycles. The van der Waals surface area contributed by atoms with Gasteiger partial charge in [0.25, 0.3) is 0 Å². The van der Waals surface area contributed by atoms with Gasteiger partial charge in [0.15, 0.2) is 0 Å². The quantitative estimate of drug-likeness (QED) is 0.877. The van der Waals surface area contributed by atoms with E-state index in [4.69, 9.17) is 0 Å². The number of benzene rings is 2. The minimum Gasteiger partial charge on any atom is -0.336 e. The number of carbonyl (C=O) groups excluding carboxylic acids is 2. The third-order valence-electron chi connectivity index (χ3n) is 5.45. The molecule has 1 aliphatic rings. The highest BCUT2D eigenvalue weighted by Gasteiger charge is 2.16. The number of fused-ring (bicyclic) bond motifs is 1. The molecule has 4 heteroatoms. The van der Waals surface area contributed by atoms with Gasteiger partial charge in [0, 0.05) is 12.7 Å². The van der Waals surface area contributed by atoms with E-state index in [2.05, 4.69) is 17.4 Å². The summed E-state index contributed by atoms with van der Waals surface area (Å²) in [6.45, 7) is 4.05. The Morgan fingerprint density at radius 1 is 1.04 bits per heavy atom. The van der Waals surface area contributed by atoms with Gasteiger partial charge in [-0.2, -0.15) is 0 Å². The van der Waals surface area contributed by atoms with Gasteiger partial charge in [-0.15, -0.1) is 0 Å². The predicted octanol–water partition coefficient (Wildman–Crippen LogP) is 3.82. The molecule has 27 heavy (non-hydrogen) atoms. The Balaban J connectivity index is 1.57. The summed E-state index contributed by atoms with van der Waals surface area (Å²) >= 11 is 0. The van der Waals surface area contributed by atoms with Gasteiger partial charge in [0.05, 0.1) is 13.0 Å². The molecule has 0 aliphatic heterocycles. The Bertz CT molecular complexity index is 857. The molecule has 0 saturated carbocycles. The monoisotopic (exact) mass is 364 g/mol. The number of amides is 2. The first-order valence-electron chi connectivity index (χ1n) is 9.65. The molecule has 0 spiro atoms. The van der Waals surface area contributed by atoms with Gasteiger partial charge < -0.3 is 10.2 Å². The molecule has 0 fully saturated rings. The molecular formula is C23H28N2O2. The Morgan fingerprint density at radius 2 is 1.78 bits per heavy atom.